The van der Waals surface area contributed by atoms with Gasteiger partial charge in [0, 0.05) is 29.6 Å². The van der Waals surface area contributed by atoms with Crippen LogP contribution in [0.5, 0.6) is 11.5 Å². The number of nitrogens with zero attached hydrogens (tertiary/aromatic N) is 2. The van der Waals surface area contributed by atoms with Gasteiger partial charge in [-0.2, -0.15) is 4.98 Å². The predicted molar refractivity (Wildman–Crippen MR) is 88.5 cm³/mol. The van der Waals surface area contributed by atoms with Gasteiger partial charge in [0.2, 0.25) is 12.7 Å². The summed E-state index contributed by atoms with van der Waals surface area (Å²) in [6.45, 7) is 2.25. The normalized spacial score (nSPS) is 16.6. The van der Waals surface area contributed by atoms with E-state index in [4.69, 9.17) is 9.47 Å². The van der Waals surface area contributed by atoms with Crippen LogP contribution in [0.2, 0.25) is 0 Å². The number of anilines is 3. The highest BCUT2D eigenvalue weighted by molar-refractivity contribution is 5.61. The summed E-state index contributed by atoms with van der Waals surface area (Å²) >= 11 is 0. The van der Waals surface area contributed by atoms with Crippen LogP contribution in [0.25, 0.3) is 0 Å². The second-order valence-electron chi connectivity index (χ2n) is 6.04. The molecule has 2 aromatic rings. The van der Waals surface area contributed by atoms with E-state index in [1.807, 2.05) is 31.2 Å². The maximum Gasteiger partial charge on any atom is 0.231 e. The van der Waals surface area contributed by atoms with E-state index in [1.54, 1.807) is 0 Å². The van der Waals surface area contributed by atoms with E-state index in [0.29, 0.717) is 12.0 Å². The smallest absolute Gasteiger partial charge is 0.231 e. The minimum absolute atomic E-state index is 0.273. The first-order valence-corrected chi connectivity index (χ1v) is 8.05. The highest BCUT2D eigenvalue weighted by Gasteiger charge is 2.16. The van der Waals surface area contributed by atoms with Crippen molar-refractivity contribution in [3.63, 3.8) is 0 Å². The lowest BCUT2D eigenvalue weighted by atomic mass is 10.2. The Labute approximate surface area is 135 Å². The van der Waals surface area contributed by atoms with Crippen molar-refractivity contribution < 1.29 is 9.47 Å². The number of aryl methyl sites for hydroxylation is 1. The Balaban J connectivity index is 1.52. The van der Waals surface area contributed by atoms with Gasteiger partial charge in [-0.1, -0.05) is 12.8 Å². The summed E-state index contributed by atoms with van der Waals surface area (Å²) in [4.78, 5) is 9.04. The van der Waals surface area contributed by atoms with Gasteiger partial charge in [-0.3, -0.25) is 0 Å². The lowest BCUT2D eigenvalue weighted by Gasteiger charge is -2.14. The van der Waals surface area contributed by atoms with Gasteiger partial charge in [0.15, 0.2) is 11.5 Å². The summed E-state index contributed by atoms with van der Waals surface area (Å²) in [5.74, 6) is 2.98. The third kappa shape index (κ3) is 3.16. The van der Waals surface area contributed by atoms with Crippen molar-refractivity contribution in [1.82, 2.24) is 9.97 Å². The number of nitrogens with one attached hydrogen (secondary N) is 2. The van der Waals surface area contributed by atoms with Crippen molar-refractivity contribution >= 4 is 17.5 Å². The first kappa shape index (κ1) is 14.1. The van der Waals surface area contributed by atoms with Gasteiger partial charge in [-0.15, -0.1) is 0 Å². The molecule has 1 aliphatic carbocycles. The highest BCUT2D eigenvalue weighted by atomic mass is 16.7. The summed E-state index contributed by atoms with van der Waals surface area (Å²) in [6.07, 6.45) is 5.02. The number of benzene rings is 1. The van der Waals surface area contributed by atoms with Crippen LogP contribution in [-0.4, -0.2) is 22.8 Å². The molecule has 1 aromatic carbocycles. The Morgan fingerprint density at radius 1 is 1.04 bits per heavy atom. The Bertz CT molecular complexity index is 714. The van der Waals surface area contributed by atoms with Crippen LogP contribution >= 0.6 is 0 Å². The molecule has 0 spiro atoms. The average Bonchev–Trinajstić information content (AvgIpc) is 3.17. The number of rotatable bonds is 4. The number of fused-ring (bicyclic) bond motifs is 1. The molecule has 1 aliphatic heterocycles. The first-order valence-electron chi connectivity index (χ1n) is 8.05. The summed E-state index contributed by atoms with van der Waals surface area (Å²) in [6, 6.07) is 8.24. The minimum Gasteiger partial charge on any atom is -0.454 e. The quantitative estimate of drug-likeness (QED) is 0.899. The fourth-order valence-electron chi connectivity index (χ4n) is 3.08. The lowest BCUT2D eigenvalue weighted by Crippen LogP contribution is -2.16. The molecule has 4 rings (SSSR count). The zero-order valence-corrected chi connectivity index (χ0v) is 13.1. The van der Waals surface area contributed by atoms with Crippen LogP contribution in [0.4, 0.5) is 17.5 Å². The van der Waals surface area contributed by atoms with Crippen LogP contribution in [0.3, 0.4) is 0 Å². The van der Waals surface area contributed by atoms with Crippen LogP contribution in [-0.2, 0) is 0 Å². The van der Waals surface area contributed by atoms with Crippen molar-refractivity contribution in [3.05, 3.63) is 30.0 Å². The van der Waals surface area contributed by atoms with Gasteiger partial charge in [0.05, 0.1) is 0 Å². The fourth-order valence-corrected chi connectivity index (χ4v) is 3.08. The monoisotopic (exact) mass is 312 g/mol. The maximum atomic E-state index is 5.40. The predicted octanol–water partition coefficient (Wildman–Crippen LogP) is 3.61. The van der Waals surface area contributed by atoms with Gasteiger partial charge in [0.25, 0.3) is 0 Å². The average molecular weight is 312 g/mol. The van der Waals surface area contributed by atoms with Gasteiger partial charge < -0.3 is 20.1 Å². The highest BCUT2D eigenvalue weighted by Crippen LogP contribution is 2.34. The molecular formula is C17H20N4O2. The maximum absolute atomic E-state index is 5.40. The standard InChI is InChI=1S/C17H20N4O2/c1-11-8-16(19-12-4-2-3-5-12)21-17(18-11)20-13-6-7-14-15(9-13)23-10-22-14/h6-9,12H,2-5,10H2,1H3,(H2,18,19,20,21). The number of hydrogen-bond donors (Lipinski definition) is 2. The molecule has 2 N–H and O–H groups in total. The van der Waals surface area contributed by atoms with Crippen molar-refractivity contribution in [2.75, 3.05) is 17.4 Å². The molecule has 0 atom stereocenters. The zero-order chi connectivity index (χ0) is 15.6. The van der Waals surface area contributed by atoms with Gasteiger partial charge in [0.1, 0.15) is 5.82 Å². The molecule has 1 aromatic heterocycles. The van der Waals surface area contributed by atoms with Crippen molar-refractivity contribution in [1.29, 1.82) is 0 Å². The molecule has 23 heavy (non-hydrogen) atoms. The van der Waals surface area contributed by atoms with Gasteiger partial charge in [-0.05, 0) is 31.9 Å². The minimum atomic E-state index is 0.273. The SMILES string of the molecule is Cc1cc(NC2CCCC2)nc(Nc2ccc3c(c2)OCO3)n1. The van der Waals surface area contributed by atoms with E-state index >= 15 is 0 Å². The fraction of sp³-hybridized carbons (Fsp3) is 0.412. The molecule has 1 saturated carbocycles. The molecule has 0 unspecified atom stereocenters. The molecule has 120 valence electrons. The Kier molecular flexibility index (Phi) is 3.65. The summed E-state index contributed by atoms with van der Waals surface area (Å²) < 4.78 is 10.7. The van der Waals surface area contributed by atoms with E-state index in [-0.39, 0.29) is 6.79 Å². The summed E-state index contributed by atoms with van der Waals surface area (Å²) in [5, 5.41) is 6.76. The van der Waals surface area contributed by atoms with Crippen LogP contribution < -0.4 is 20.1 Å². The topological polar surface area (TPSA) is 68.3 Å². The lowest BCUT2D eigenvalue weighted by molar-refractivity contribution is 0.174. The molecule has 6 nitrogen and oxygen atoms in total. The van der Waals surface area contributed by atoms with E-state index < -0.39 is 0 Å². The molecule has 0 amide bonds. The van der Waals surface area contributed by atoms with E-state index in [2.05, 4.69) is 20.6 Å². The number of aromatic nitrogens is 2. The number of ether oxygens (including phenoxy) is 2. The van der Waals surface area contributed by atoms with E-state index in [0.717, 1.165) is 28.7 Å². The molecular weight excluding hydrogens is 292 g/mol. The van der Waals surface area contributed by atoms with Crippen LogP contribution in [0.15, 0.2) is 24.3 Å². The molecule has 2 heterocycles. The van der Waals surface area contributed by atoms with Crippen molar-refractivity contribution in [3.8, 4) is 11.5 Å². The third-order valence-corrected chi connectivity index (χ3v) is 4.19. The molecule has 2 aliphatic rings. The summed E-state index contributed by atoms with van der Waals surface area (Å²) in [7, 11) is 0. The Morgan fingerprint density at radius 2 is 1.87 bits per heavy atom. The Morgan fingerprint density at radius 3 is 2.74 bits per heavy atom. The number of hydrogen-bond acceptors (Lipinski definition) is 6. The van der Waals surface area contributed by atoms with Gasteiger partial charge >= 0.3 is 0 Å². The zero-order valence-electron chi connectivity index (χ0n) is 13.1. The van der Waals surface area contributed by atoms with Crippen molar-refractivity contribution in [2.24, 2.45) is 0 Å². The first-order chi connectivity index (χ1) is 11.3. The Hall–Kier alpha value is -2.50. The molecule has 1 fully saturated rings. The summed E-state index contributed by atoms with van der Waals surface area (Å²) in [5.41, 5.74) is 1.82. The third-order valence-electron chi connectivity index (χ3n) is 4.19. The van der Waals surface area contributed by atoms with Crippen molar-refractivity contribution in [2.45, 2.75) is 38.6 Å². The second-order valence-corrected chi connectivity index (χ2v) is 6.04. The largest absolute Gasteiger partial charge is 0.454 e. The van der Waals surface area contributed by atoms with Crippen LogP contribution in [0, 0.1) is 6.92 Å². The van der Waals surface area contributed by atoms with Crippen LogP contribution in [0.1, 0.15) is 31.4 Å². The molecule has 0 radical (unpaired) electrons. The molecule has 6 heteroatoms. The molecule has 0 saturated heterocycles. The second kappa shape index (κ2) is 5.95. The van der Waals surface area contributed by atoms with Gasteiger partial charge in [-0.25, -0.2) is 4.98 Å². The van der Waals surface area contributed by atoms with E-state index in [1.165, 1.54) is 25.7 Å². The molecule has 0 bridgehead atoms. The van der Waals surface area contributed by atoms with E-state index in [9.17, 15) is 0 Å².